The Hall–Kier alpha value is -3.95. The number of carbonyl (C=O) groups excluding carboxylic acids is 1. The first-order chi connectivity index (χ1) is 14.9. The average molecular weight is 428 g/mol. The number of hydrogen-bond donors (Lipinski definition) is 1. The minimum Gasteiger partial charge on any atom is -0.352 e. The van der Waals surface area contributed by atoms with Crippen molar-refractivity contribution in [2.75, 3.05) is 0 Å². The summed E-state index contributed by atoms with van der Waals surface area (Å²) in [5.41, 5.74) is -0.0677. The zero-order valence-electron chi connectivity index (χ0n) is 15.9. The highest BCUT2D eigenvalue weighted by Gasteiger charge is 2.18. The van der Waals surface area contributed by atoms with Crippen LogP contribution in [0.1, 0.15) is 12.0 Å². The summed E-state index contributed by atoms with van der Waals surface area (Å²) in [6, 6.07) is 8.58. The van der Waals surface area contributed by atoms with E-state index in [1.54, 1.807) is 6.07 Å². The van der Waals surface area contributed by atoms with Crippen LogP contribution in [-0.2, 0) is 17.9 Å². The lowest BCUT2D eigenvalue weighted by Crippen LogP contribution is -2.27. The molecule has 0 unspecified atom stereocenters. The van der Waals surface area contributed by atoms with E-state index in [-0.39, 0.29) is 47.8 Å². The van der Waals surface area contributed by atoms with E-state index in [1.807, 2.05) is 0 Å². The molecule has 1 amide bonds. The van der Waals surface area contributed by atoms with Crippen molar-refractivity contribution in [3.05, 3.63) is 82.2 Å². The normalized spacial score (nSPS) is 11.1. The number of nitrogens with zero attached hydrogens (tertiary/aromatic N) is 3. The predicted molar refractivity (Wildman–Crippen MR) is 104 cm³/mol. The molecule has 0 saturated heterocycles. The molecule has 2 heterocycles. The van der Waals surface area contributed by atoms with Gasteiger partial charge in [0.15, 0.2) is 0 Å². The van der Waals surface area contributed by atoms with Gasteiger partial charge in [-0.3, -0.25) is 14.2 Å². The highest BCUT2D eigenvalue weighted by molar-refractivity contribution is 5.88. The average Bonchev–Trinajstić information content (AvgIpc) is 3.16. The van der Waals surface area contributed by atoms with Crippen LogP contribution in [0.5, 0.6) is 0 Å². The van der Waals surface area contributed by atoms with Crippen molar-refractivity contribution < 1.29 is 22.5 Å². The third kappa shape index (κ3) is 4.47. The number of hydrogen-bond acceptors (Lipinski definition) is 5. The third-order valence-corrected chi connectivity index (χ3v) is 4.56. The lowest BCUT2D eigenvalue weighted by Gasteiger charge is -2.07. The molecule has 1 N–H and O–H groups in total. The second kappa shape index (κ2) is 8.42. The first kappa shape index (κ1) is 20.3. The molecule has 31 heavy (non-hydrogen) atoms. The fourth-order valence-corrected chi connectivity index (χ4v) is 3.09. The molecule has 0 aliphatic rings. The Morgan fingerprint density at radius 1 is 1.06 bits per heavy atom. The minimum absolute atomic E-state index is 0.00110. The van der Waals surface area contributed by atoms with Crippen LogP contribution in [0.25, 0.3) is 22.4 Å². The van der Waals surface area contributed by atoms with Crippen molar-refractivity contribution in [1.29, 1.82) is 0 Å². The van der Waals surface area contributed by atoms with Crippen LogP contribution in [0.3, 0.4) is 0 Å². The number of aromatic nitrogens is 3. The quantitative estimate of drug-likeness (QED) is 0.510. The van der Waals surface area contributed by atoms with E-state index in [0.717, 1.165) is 12.1 Å². The van der Waals surface area contributed by atoms with Crippen molar-refractivity contribution in [3.63, 3.8) is 0 Å². The zero-order chi connectivity index (χ0) is 22.0. The van der Waals surface area contributed by atoms with Gasteiger partial charge in [-0.05, 0) is 29.8 Å². The molecule has 0 spiro atoms. The topological polar surface area (TPSA) is 90.0 Å². The van der Waals surface area contributed by atoms with Gasteiger partial charge >= 0.3 is 0 Å². The van der Waals surface area contributed by atoms with Crippen LogP contribution < -0.4 is 10.9 Å². The van der Waals surface area contributed by atoms with Crippen LogP contribution in [0.4, 0.5) is 13.2 Å². The summed E-state index contributed by atoms with van der Waals surface area (Å²) in [5.74, 6) is -2.41. The lowest BCUT2D eigenvalue weighted by molar-refractivity contribution is -0.121. The Bertz CT molecular complexity index is 1310. The lowest BCUT2D eigenvalue weighted by atomic mass is 10.1. The maximum Gasteiger partial charge on any atom is 0.266 e. The molecule has 0 fully saturated rings. The molecule has 4 rings (SSSR count). The molecule has 2 aromatic carbocycles. The van der Waals surface area contributed by atoms with E-state index in [2.05, 4.69) is 15.5 Å². The highest BCUT2D eigenvalue weighted by atomic mass is 19.1. The summed E-state index contributed by atoms with van der Waals surface area (Å²) in [7, 11) is 0. The van der Waals surface area contributed by atoms with Gasteiger partial charge in [0, 0.05) is 31.1 Å². The molecular formula is C21H15F3N4O3. The second-order valence-corrected chi connectivity index (χ2v) is 6.77. The van der Waals surface area contributed by atoms with Crippen LogP contribution in [0.15, 0.2) is 58.1 Å². The maximum atomic E-state index is 13.6. The fraction of sp³-hybridized carbons (Fsp3) is 0.143. The van der Waals surface area contributed by atoms with Gasteiger partial charge in [0.25, 0.3) is 11.3 Å². The number of aryl methyl sites for hydroxylation is 1. The smallest absolute Gasteiger partial charge is 0.266 e. The highest BCUT2D eigenvalue weighted by Crippen LogP contribution is 2.25. The van der Waals surface area contributed by atoms with Crippen molar-refractivity contribution >= 4 is 17.0 Å². The molecule has 4 aromatic rings. The van der Waals surface area contributed by atoms with Gasteiger partial charge in [-0.2, -0.15) is 0 Å². The van der Waals surface area contributed by atoms with E-state index in [1.165, 1.54) is 29.1 Å². The van der Waals surface area contributed by atoms with E-state index in [0.29, 0.717) is 11.6 Å². The Labute approximate surface area is 173 Å². The van der Waals surface area contributed by atoms with Gasteiger partial charge in [-0.25, -0.2) is 18.2 Å². The third-order valence-electron chi connectivity index (χ3n) is 4.56. The summed E-state index contributed by atoms with van der Waals surface area (Å²) in [6.07, 6.45) is 1.16. The monoisotopic (exact) mass is 428 g/mol. The predicted octanol–water partition coefficient (Wildman–Crippen LogP) is 3.18. The first-order valence-corrected chi connectivity index (χ1v) is 9.23. The van der Waals surface area contributed by atoms with Gasteiger partial charge in [-0.1, -0.05) is 17.3 Å². The summed E-state index contributed by atoms with van der Waals surface area (Å²) in [4.78, 5) is 28.9. The number of rotatable bonds is 6. The molecule has 0 aliphatic heterocycles. The molecular weight excluding hydrogens is 413 g/mol. The van der Waals surface area contributed by atoms with Crippen molar-refractivity contribution in [2.45, 2.75) is 19.5 Å². The first-order valence-electron chi connectivity index (χ1n) is 9.23. The van der Waals surface area contributed by atoms with E-state index in [9.17, 15) is 22.8 Å². The molecule has 158 valence electrons. The minimum atomic E-state index is -0.828. The van der Waals surface area contributed by atoms with Gasteiger partial charge in [0.05, 0.1) is 0 Å². The van der Waals surface area contributed by atoms with Crippen LogP contribution in [0, 0.1) is 17.5 Å². The number of amides is 1. The SMILES string of the molecule is O=C(CCn1cnc2onc(-c3cc(F)cc(F)c3)c2c1=O)NCc1cccc(F)c1. The zero-order valence-corrected chi connectivity index (χ0v) is 15.9. The molecule has 2 aromatic heterocycles. The fourth-order valence-electron chi connectivity index (χ4n) is 3.09. The number of nitrogens with one attached hydrogen (secondary N) is 1. The van der Waals surface area contributed by atoms with Gasteiger partial charge in [-0.15, -0.1) is 0 Å². The number of halogens is 3. The summed E-state index contributed by atoms with van der Waals surface area (Å²) >= 11 is 0. The Balaban J connectivity index is 1.51. The van der Waals surface area contributed by atoms with Gasteiger partial charge in [0.1, 0.15) is 34.9 Å². The Morgan fingerprint density at radius 2 is 1.84 bits per heavy atom. The van der Waals surface area contributed by atoms with Crippen LogP contribution in [0.2, 0.25) is 0 Å². The molecule has 10 heteroatoms. The Morgan fingerprint density at radius 3 is 2.58 bits per heavy atom. The molecule has 0 atom stereocenters. The van der Waals surface area contributed by atoms with Gasteiger partial charge in [0.2, 0.25) is 5.91 Å². The summed E-state index contributed by atoms with van der Waals surface area (Å²) in [6.45, 7) is 0.141. The van der Waals surface area contributed by atoms with Crippen molar-refractivity contribution in [2.24, 2.45) is 0 Å². The number of carbonyl (C=O) groups is 1. The number of benzene rings is 2. The summed E-state index contributed by atoms with van der Waals surface area (Å²) < 4.78 is 46.5. The van der Waals surface area contributed by atoms with Crippen molar-refractivity contribution in [1.82, 2.24) is 20.0 Å². The molecule has 0 saturated carbocycles. The van der Waals surface area contributed by atoms with E-state index < -0.39 is 23.0 Å². The van der Waals surface area contributed by atoms with Crippen LogP contribution >= 0.6 is 0 Å². The largest absolute Gasteiger partial charge is 0.352 e. The summed E-state index contributed by atoms with van der Waals surface area (Å²) in [5, 5.41) is 6.31. The number of fused-ring (bicyclic) bond motifs is 1. The Kier molecular flexibility index (Phi) is 5.52. The van der Waals surface area contributed by atoms with Crippen LogP contribution in [-0.4, -0.2) is 20.6 Å². The van der Waals surface area contributed by atoms with E-state index in [4.69, 9.17) is 4.52 Å². The molecule has 7 nitrogen and oxygen atoms in total. The van der Waals surface area contributed by atoms with Gasteiger partial charge < -0.3 is 9.84 Å². The maximum absolute atomic E-state index is 13.6. The molecule has 0 aliphatic carbocycles. The standard InChI is InChI=1S/C21H15F3N4O3/c22-14-3-1-2-12(6-14)10-25-17(29)4-5-28-11-26-20-18(21(28)30)19(27-31-20)13-7-15(23)9-16(24)8-13/h1-3,6-9,11H,4-5,10H2,(H,25,29). The second-order valence-electron chi connectivity index (χ2n) is 6.77. The van der Waals surface area contributed by atoms with Crippen molar-refractivity contribution in [3.8, 4) is 11.3 Å². The molecule has 0 bridgehead atoms. The van der Waals surface area contributed by atoms with E-state index >= 15 is 0 Å². The molecule has 0 radical (unpaired) electrons.